The predicted octanol–water partition coefficient (Wildman–Crippen LogP) is 1.90. The molecule has 0 aliphatic rings. The molecule has 0 spiro atoms. The molecular formula is C10H8F2N2O2. The van der Waals surface area contributed by atoms with Gasteiger partial charge >= 0.3 is 5.97 Å². The van der Waals surface area contributed by atoms with Crippen LogP contribution in [0.2, 0.25) is 0 Å². The number of aliphatic carboxylic acids is 1. The third-order valence-corrected chi connectivity index (χ3v) is 2.12. The lowest BCUT2D eigenvalue weighted by Gasteiger charge is -1.98. The minimum Gasteiger partial charge on any atom is -0.481 e. The van der Waals surface area contributed by atoms with Gasteiger partial charge in [-0.3, -0.25) is 4.79 Å². The van der Waals surface area contributed by atoms with Crippen molar-refractivity contribution in [1.29, 1.82) is 0 Å². The normalized spacial score (nSPS) is 11.2. The van der Waals surface area contributed by atoms with Gasteiger partial charge in [-0.05, 0) is 12.1 Å². The molecular weight excluding hydrogens is 218 g/mol. The number of imidazole rings is 1. The lowest BCUT2D eigenvalue weighted by Crippen LogP contribution is -1.99. The molecule has 16 heavy (non-hydrogen) atoms. The van der Waals surface area contributed by atoms with Crippen LogP contribution < -0.4 is 0 Å². The van der Waals surface area contributed by atoms with Gasteiger partial charge in [0, 0.05) is 18.0 Å². The van der Waals surface area contributed by atoms with Gasteiger partial charge in [-0.15, -0.1) is 0 Å². The maximum atomic E-state index is 12.4. The zero-order valence-electron chi connectivity index (χ0n) is 8.10. The number of alkyl halides is 2. The van der Waals surface area contributed by atoms with Crippen molar-refractivity contribution in [2.75, 3.05) is 0 Å². The Morgan fingerprint density at radius 3 is 2.94 bits per heavy atom. The minimum absolute atomic E-state index is 0.125. The smallest absolute Gasteiger partial charge is 0.309 e. The average Bonchev–Trinajstić information content (AvgIpc) is 2.56. The zero-order valence-corrected chi connectivity index (χ0v) is 8.10. The number of halogens is 2. The summed E-state index contributed by atoms with van der Waals surface area (Å²) in [6, 6.07) is 2.53. The van der Waals surface area contributed by atoms with Crippen LogP contribution in [0, 0.1) is 0 Å². The van der Waals surface area contributed by atoms with Crippen LogP contribution in [0.25, 0.3) is 5.65 Å². The molecule has 4 nitrogen and oxygen atoms in total. The SMILES string of the molecule is O=C(O)Cc1cn2ccc(C(F)F)cc2n1. The van der Waals surface area contributed by atoms with Crippen LogP contribution in [0.1, 0.15) is 17.7 Å². The van der Waals surface area contributed by atoms with Crippen LogP contribution in [0.5, 0.6) is 0 Å². The summed E-state index contributed by atoms with van der Waals surface area (Å²) in [5.74, 6) is -1.00. The molecule has 1 N–H and O–H groups in total. The van der Waals surface area contributed by atoms with Crippen molar-refractivity contribution < 1.29 is 18.7 Å². The highest BCUT2D eigenvalue weighted by Gasteiger charge is 2.10. The van der Waals surface area contributed by atoms with Gasteiger partial charge in [0.05, 0.1) is 12.1 Å². The van der Waals surface area contributed by atoms with Crippen molar-refractivity contribution in [3.8, 4) is 0 Å². The summed E-state index contributed by atoms with van der Waals surface area (Å²) in [5.41, 5.74) is 0.549. The van der Waals surface area contributed by atoms with Crippen molar-refractivity contribution in [3.05, 3.63) is 35.8 Å². The Morgan fingerprint density at radius 1 is 1.56 bits per heavy atom. The molecule has 2 heterocycles. The summed E-state index contributed by atoms with van der Waals surface area (Å²) in [5, 5.41) is 8.57. The van der Waals surface area contributed by atoms with Crippen molar-refractivity contribution in [2.24, 2.45) is 0 Å². The number of fused-ring (bicyclic) bond motifs is 1. The number of rotatable bonds is 3. The van der Waals surface area contributed by atoms with E-state index < -0.39 is 12.4 Å². The number of nitrogens with zero attached hydrogens (tertiary/aromatic N) is 2. The molecule has 0 atom stereocenters. The Kier molecular flexibility index (Phi) is 2.55. The van der Waals surface area contributed by atoms with E-state index in [4.69, 9.17) is 5.11 Å². The van der Waals surface area contributed by atoms with E-state index >= 15 is 0 Å². The average molecular weight is 226 g/mol. The van der Waals surface area contributed by atoms with E-state index in [9.17, 15) is 13.6 Å². The molecule has 0 aromatic carbocycles. The lowest BCUT2D eigenvalue weighted by atomic mass is 10.3. The topological polar surface area (TPSA) is 54.6 Å². The highest BCUT2D eigenvalue weighted by Crippen LogP contribution is 2.19. The van der Waals surface area contributed by atoms with Gasteiger partial charge in [0.25, 0.3) is 6.43 Å². The van der Waals surface area contributed by atoms with Crippen molar-refractivity contribution in [2.45, 2.75) is 12.8 Å². The molecule has 0 fully saturated rings. The molecule has 0 saturated carbocycles. The molecule has 6 heteroatoms. The number of carboxylic acid groups (broad SMARTS) is 1. The van der Waals surface area contributed by atoms with E-state index in [1.807, 2.05) is 0 Å². The number of hydrogen-bond acceptors (Lipinski definition) is 2. The van der Waals surface area contributed by atoms with Crippen LogP contribution in [0.15, 0.2) is 24.5 Å². The van der Waals surface area contributed by atoms with Crippen molar-refractivity contribution >= 4 is 11.6 Å². The van der Waals surface area contributed by atoms with Crippen molar-refractivity contribution in [3.63, 3.8) is 0 Å². The van der Waals surface area contributed by atoms with Crippen LogP contribution >= 0.6 is 0 Å². The van der Waals surface area contributed by atoms with E-state index in [-0.39, 0.29) is 12.0 Å². The maximum Gasteiger partial charge on any atom is 0.309 e. The number of carboxylic acids is 1. The quantitative estimate of drug-likeness (QED) is 0.869. The lowest BCUT2D eigenvalue weighted by molar-refractivity contribution is -0.136. The molecule has 2 aromatic heterocycles. The third-order valence-electron chi connectivity index (χ3n) is 2.12. The first-order valence-electron chi connectivity index (χ1n) is 4.54. The molecule has 0 bridgehead atoms. The second-order valence-electron chi connectivity index (χ2n) is 3.33. The van der Waals surface area contributed by atoms with Gasteiger partial charge < -0.3 is 9.51 Å². The first-order chi connectivity index (χ1) is 7.56. The standard InChI is InChI=1S/C10H8F2N2O2/c11-10(12)6-1-2-14-5-7(4-9(15)16)13-8(14)3-6/h1-3,5,10H,4H2,(H,15,16). The fraction of sp³-hybridized carbons (Fsp3) is 0.200. The molecule has 0 saturated heterocycles. The maximum absolute atomic E-state index is 12.4. The summed E-state index contributed by atoms with van der Waals surface area (Å²) < 4.78 is 26.3. The molecule has 0 radical (unpaired) electrons. The predicted molar refractivity (Wildman–Crippen MR) is 51.5 cm³/mol. The number of pyridine rings is 1. The summed E-state index contributed by atoms with van der Waals surface area (Å²) in [4.78, 5) is 14.4. The fourth-order valence-corrected chi connectivity index (χ4v) is 1.43. The summed E-state index contributed by atoms with van der Waals surface area (Å²) in [6.45, 7) is 0. The van der Waals surface area contributed by atoms with E-state index in [1.54, 1.807) is 0 Å². The van der Waals surface area contributed by atoms with Crippen molar-refractivity contribution in [1.82, 2.24) is 9.38 Å². The summed E-state index contributed by atoms with van der Waals surface area (Å²) >= 11 is 0. The van der Waals surface area contributed by atoms with E-state index in [1.165, 1.54) is 28.9 Å². The Morgan fingerprint density at radius 2 is 2.31 bits per heavy atom. The van der Waals surface area contributed by atoms with Gasteiger partial charge in [0.15, 0.2) is 0 Å². The molecule has 2 aromatic rings. The number of aromatic nitrogens is 2. The zero-order chi connectivity index (χ0) is 11.7. The molecule has 0 aliphatic heterocycles. The van der Waals surface area contributed by atoms with Crippen LogP contribution in [-0.4, -0.2) is 20.5 Å². The van der Waals surface area contributed by atoms with Crippen LogP contribution in [0.3, 0.4) is 0 Å². The van der Waals surface area contributed by atoms with Gasteiger partial charge in [-0.25, -0.2) is 13.8 Å². The van der Waals surface area contributed by atoms with E-state index in [0.29, 0.717) is 11.3 Å². The molecule has 84 valence electrons. The van der Waals surface area contributed by atoms with Crippen LogP contribution in [0.4, 0.5) is 8.78 Å². The van der Waals surface area contributed by atoms with Gasteiger partial charge in [-0.1, -0.05) is 0 Å². The highest BCUT2D eigenvalue weighted by atomic mass is 19.3. The summed E-state index contributed by atoms with van der Waals surface area (Å²) in [7, 11) is 0. The number of hydrogen-bond donors (Lipinski definition) is 1. The van der Waals surface area contributed by atoms with E-state index in [0.717, 1.165) is 0 Å². The molecule has 0 amide bonds. The monoisotopic (exact) mass is 226 g/mol. The third kappa shape index (κ3) is 2.00. The second-order valence-corrected chi connectivity index (χ2v) is 3.33. The highest BCUT2D eigenvalue weighted by molar-refractivity contribution is 5.69. The number of carbonyl (C=O) groups is 1. The van der Waals surface area contributed by atoms with Gasteiger partial charge in [0.2, 0.25) is 0 Å². The Labute approximate surface area is 89.2 Å². The Bertz CT molecular complexity index is 537. The van der Waals surface area contributed by atoms with Gasteiger partial charge in [-0.2, -0.15) is 0 Å². The first kappa shape index (κ1) is 10.5. The fourth-order valence-electron chi connectivity index (χ4n) is 1.43. The van der Waals surface area contributed by atoms with E-state index in [2.05, 4.69) is 4.98 Å². The first-order valence-corrected chi connectivity index (χ1v) is 4.54. The van der Waals surface area contributed by atoms with Gasteiger partial charge in [0.1, 0.15) is 5.65 Å². The van der Waals surface area contributed by atoms with Crippen LogP contribution in [-0.2, 0) is 11.2 Å². The minimum atomic E-state index is -2.55. The molecule has 2 rings (SSSR count). The molecule has 0 aliphatic carbocycles. The second kappa shape index (κ2) is 3.88. The molecule has 0 unspecified atom stereocenters. The summed E-state index contributed by atoms with van der Waals surface area (Å²) in [6.07, 6.45) is 0.184. The Hall–Kier alpha value is -1.98. The largest absolute Gasteiger partial charge is 0.481 e. The Balaban J connectivity index is 2.41.